The van der Waals surface area contributed by atoms with Gasteiger partial charge in [-0.15, -0.1) is 0 Å². The largest absolute Gasteiger partial charge is 0.387 e. The van der Waals surface area contributed by atoms with E-state index in [0.717, 1.165) is 56.4 Å². The second-order valence-corrected chi connectivity index (χ2v) is 7.30. The summed E-state index contributed by atoms with van der Waals surface area (Å²) in [5.41, 5.74) is 0.429. The van der Waals surface area contributed by atoms with Gasteiger partial charge >= 0.3 is 0 Å². The smallest absolute Gasteiger partial charge is 0.227 e. The van der Waals surface area contributed by atoms with Crippen molar-refractivity contribution in [3.05, 3.63) is 11.8 Å². The van der Waals surface area contributed by atoms with Gasteiger partial charge in [0.25, 0.3) is 0 Å². The van der Waals surface area contributed by atoms with Crippen LogP contribution >= 0.6 is 0 Å². The van der Waals surface area contributed by atoms with Crippen LogP contribution in [0.2, 0.25) is 0 Å². The molecular weight excluding hydrogens is 290 g/mol. The molecule has 128 valence electrons. The first-order chi connectivity index (χ1) is 11.0. The summed E-state index contributed by atoms with van der Waals surface area (Å²) < 4.78 is 0. The van der Waals surface area contributed by atoms with Gasteiger partial charge in [-0.2, -0.15) is 4.98 Å². The first-order valence-electron chi connectivity index (χ1n) is 8.67. The van der Waals surface area contributed by atoms with Crippen LogP contribution in [0.3, 0.4) is 0 Å². The second-order valence-electron chi connectivity index (χ2n) is 7.30. The molecule has 3 heterocycles. The normalized spacial score (nSPS) is 25.8. The maximum absolute atomic E-state index is 11.0. The minimum Gasteiger partial charge on any atom is -0.387 e. The van der Waals surface area contributed by atoms with Gasteiger partial charge in [-0.05, 0) is 45.7 Å². The Morgan fingerprint density at radius 1 is 1.22 bits per heavy atom. The fraction of sp³-hybridized carbons (Fsp3) is 0.765. The van der Waals surface area contributed by atoms with Gasteiger partial charge in [0.05, 0.1) is 12.1 Å². The number of aliphatic hydroxyl groups is 1. The van der Waals surface area contributed by atoms with Crippen LogP contribution < -0.4 is 9.80 Å². The van der Waals surface area contributed by atoms with E-state index in [1.54, 1.807) is 0 Å². The van der Waals surface area contributed by atoms with Crippen molar-refractivity contribution >= 4 is 11.8 Å². The highest BCUT2D eigenvalue weighted by molar-refractivity contribution is 5.48. The van der Waals surface area contributed by atoms with E-state index in [9.17, 15) is 5.11 Å². The zero-order valence-corrected chi connectivity index (χ0v) is 14.6. The summed E-state index contributed by atoms with van der Waals surface area (Å²) in [4.78, 5) is 15.8. The Balaban J connectivity index is 1.74. The van der Waals surface area contributed by atoms with Gasteiger partial charge in [0, 0.05) is 38.9 Å². The Kier molecular flexibility index (Phi) is 4.73. The number of aryl methyl sites for hydroxylation is 1. The molecule has 23 heavy (non-hydrogen) atoms. The minimum atomic E-state index is -0.644. The molecule has 2 fully saturated rings. The van der Waals surface area contributed by atoms with Crippen LogP contribution in [-0.2, 0) is 0 Å². The lowest BCUT2D eigenvalue weighted by atomic mass is 9.92. The topological polar surface area (TPSA) is 55.7 Å². The third-order valence-corrected chi connectivity index (χ3v) is 4.91. The molecule has 1 atom stereocenters. The highest BCUT2D eigenvalue weighted by atomic mass is 16.3. The molecule has 0 aliphatic carbocycles. The van der Waals surface area contributed by atoms with E-state index >= 15 is 0 Å². The maximum Gasteiger partial charge on any atom is 0.227 e. The number of aromatic nitrogens is 2. The minimum absolute atomic E-state index is 0.624. The number of anilines is 2. The quantitative estimate of drug-likeness (QED) is 0.902. The average Bonchev–Trinajstić information content (AvgIpc) is 2.99. The first-order valence-corrected chi connectivity index (χ1v) is 8.67. The van der Waals surface area contributed by atoms with Crippen molar-refractivity contribution in [2.75, 3.05) is 56.6 Å². The van der Waals surface area contributed by atoms with Crippen LogP contribution in [0.5, 0.6) is 0 Å². The summed E-state index contributed by atoms with van der Waals surface area (Å²) in [6, 6.07) is 0. The lowest BCUT2D eigenvalue weighted by molar-refractivity contribution is -0.00255. The van der Waals surface area contributed by atoms with E-state index in [2.05, 4.69) is 14.8 Å². The molecule has 6 nitrogen and oxygen atoms in total. The zero-order valence-electron chi connectivity index (χ0n) is 14.6. The van der Waals surface area contributed by atoms with Gasteiger partial charge in [0.15, 0.2) is 0 Å². The van der Waals surface area contributed by atoms with Gasteiger partial charge in [-0.3, -0.25) is 0 Å². The van der Waals surface area contributed by atoms with Gasteiger partial charge in [0.1, 0.15) is 5.82 Å². The number of likely N-dealkylation sites (tertiary alicyclic amines) is 1. The predicted octanol–water partition coefficient (Wildman–Crippen LogP) is 1.28. The van der Waals surface area contributed by atoms with Crippen molar-refractivity contribution in [3.63, 3.8) is 0 Å². The van der Waals surface area contributed by atoms with E-state index in [4.69, 9.17) is 4.98 Å². The molecule has 1 aromatic rings. The van der Waals surface area contributed by atoms with E-state index < -0.39 is 5.60 Å². The lowest BCUT2D eigenvalue weighted by Crippen LogP contribution is -2.54. The predicted molar refractivity (Wildman–Crippen MR) is 93.2 cm³/mol. The van der Waals surface area contributed by atoms with Gasteiger partial charge < -0.3 is 19.8 Å². The summed E-state index contributed by atoms with van der Waals surface area (Å²) in [6.07, 6.45) is 6.25. The van der Waals surface area contributed by atoms with Crippen LogP contribution in [0, 0.1) is 6.92 Å². The van der Waals surface area contributed by atoms with Crippen molar-refractivity contribution in [1.29, 1.82) is 0 Å². The molecule has 1 N–H and O–H groups in total. The number of β-amino-alcohol motifs (C(OH)–C–C–N with tert-alkyl or cyclic N) is 1. The summed E-state index contributed by atoms with van der Waals surface area (Å²) in [6.45, 7) is 6.58. The first kappa shape index (κ1) is 16.5. The third kappa shape index (κ3) is 3.75. The molecule has 6 heteroatoms. The molecule has 0 aromatic carbocycles. The van der Waals surface area contributed by atoms with E-state index in [1.807, 2.05) is 32.1 Å². The van der Waals surface area contributed by atoms with Crippen molar-refractivity contribution < 1.29 is 5.11 Å². The van der Waals surface area contributed by atoms with E-state index in [1.165, 1.54) is 12.8 Å². The highest BCUT2D eigenvalue weighted by Gasteiger charge is 2.36. The number of nitrogens with zero attached hydrogens (tertiary/aromatic N) is 5. The Morgan fingerprint density at radius 2 is 1.96 bits per heavy atom. The molecule has 0 unspecified atom stereocenters. The molecule has 2 aliphatic heterocycles. The summed E-state index contributed by atoms with van der Waals surface area (Å²) in [5, 5.41) is 11.0. The summed E-state index contributed by atoms with van der Waals surface area (Å²) in [5.74, 6) is 1.68. The standard InChI is InChI=1S/C17H29N5O/c1-14-11-18-16(19-15(14)20(2)3)22-10-6-7-17(23,13-22)12-21-8-4-5-9-21/h11,23H,4-10,12-13H2,1-3H3/t17-/m1/s1. The highest BCUT2D eigenvalue weighted by Crippen LogP contribution is 2.27. The van der Waals surface area contributed by atoms with E-state index in [0.29, 0.717) is 6.54 Å². The number of rotatable bonds is 4. The monoisotopic (exact) mass is 319 g/mol. The van der Waals surface area contributed by atoms with Crippen molar-refractivity contribution in [2.24, 2.45) is 0 Å². The SMILES string of the molecule is Cc1cnc(N2CCC[C@@](O)(CN3CCCC3)C2)nc1N(C)C. The maximum atomic E-state index is 11.0. The molecular formula is C17H29N5O. The fourth-order valence-corrected chi connectivity index (χ4v) is 3.80. The molecule has 2 aliphatic rings. The van der Waals surface area contributed by atoms with Crippen molar-refractivity contribution in [3.8, 4) is 0 Å². The molecule has 0 bridgehead atoms. The molecule has 0 radical (unpaired) electrons. The van der Waals surface area contributed by atoms with Gasteiger partial charge in [-0.25, -0.2) is 4.98 Å². The molecule has 0 amide bonds. The Labute approximate surface area is 139 Å². The molecule has 2 saturated heterocycles. The Hall–Kier alpha value is -1.40. The van der Waals surface area contributed by atoms with Crippen LogP contribution in [0.25, 0.3) is 0 Å². The second kappa shape index (κ2) is 6.61. The summed E-state index contributed by atoms with van der Waals surface area (Å²) >= 11 is 0. The molecule has 1 aromatic heterocycles. The van der Waals surface area contributed by atoms with Crippen LogP contribution in [0.15, 0.2) is 6.20 Å². The summed E-state index contributed by atoms with van der Waals surface area (Å²) in [7, 11) is 4.00. The Bertz CT molecular complexity index is 544. The Morgan fingerprint density at radius 3 is 2.65 bits per heavy atom. The zero-order chi connectivity index (χ0) is 16.4. The molecule has 0 spiro atoms. The van der Waals surface area contributed by atoms with Crippen LogP contribution in [-0.4, -0.2) is 72.4 Å². The third-order valence-electron chi connectivity index (χ3n) is 4.91. The number of hydrogen-bond acceptors (Lipinski definition) is 6. The number of hydrogen-bond donors (Lipinski definition) is 1. The van der Waals surface area contributed by atoms with Crippen LogP contribution in [0.4, 0.5) is 11.8 Å². The van der Waals surface area contributed by atoms with Crippen molar-refractivity contribution in [2.45, 2.75) is 38.2 Å². The molecule has 0 saturated carbocycles. The average molecular weight is 319 g/mol. The molecule has 3 rings (SSSR count). The van der Waals surface area contributed by atoms with E-state index in [-0.39, 0.29) is 0 Å². The van der Waals surface area contributed by atoms with Crippen molar-refractivity contribution in [1.82, 2.24) is 14.9 Å². The van der Waals surface area contributed by atoms with Gasteiger partial charge in [0.2, 0.25) is 5.95 Å². The number of piperidine rings is 1. The fourth-order valence-electron chi connectivity index (χ4n) is 3.80. The van der Waals surface area contributed by atoms with Crippen LogP contribution in [0.1, 0.15) is 31.2 Å². The lowest BCUT2D eigenvalue weighted by Gasteiger charge is -2.41. The van der Waals surface area contributed by atoms with Gasteiger partial charge in [-0.1, -0.05) is 0 Å².